The lowest BCUT2D eigenvalue weighted by molar-refractivity contribution is 0.0934. The van der Waals surface area contributed by atoms with E-state index in [-0.39, 0.29) is 0 Å². The van der Waals surface area contributed by atoms with Crippen LogP contribution in [0.4, 0.5) is 0 Å². The van der Waals surface area contributed by atoms with E-state index in [9.17, 15) is 0 Å². The van der Waals surface area contributed by atoms with E-state index in [4.69, 9.17) is 4.74 Å². The molecule has 0 aliphatic heterocycles. The minimum absolute atomic E-state index is 0.730. The van der Waals surface area contributed by atoms with Gasteiger partial charge in [-0.15, -0.1) is 0 Å². The Labute approximate surface area is 112 Å². The fourth-order valence-corrected chi connectivity index (χ4v) is 3.05. The Kier molecular flexibility index (Phi) is 5.93. The van der Waals surface area contributed by atoms with Crippen LogP contribution in [0.25, 0.3) is 0 Å². The molecule has 3 nitrogen and oxygen atoms in total. The van der Waals surface area contributed by atoms with Crippen LogP contribution in [0.3, 0.4) is 0 Å². The molecule has 2 atom stereocenters. The molecular weight excluding hydrogens is 224 g/mol. The van der Waals surface area contributed by atoms with Gasteiger partial charge in [-0.3, -0.25) is 0 Å². The first-order valence-corrected chi connectivity index (χ1v) is 7.73. The van der Waals surface area contributed by atoms with Crippen molar-refractivity contribution in [1.82, 2.24) is 10.2 Å². The largest absolute Gasteiger partial charge is 0.380 e. The fraction of sp³-hybridized carbons (Fsp3) is 1.00. The maximum atomic E-state index is 5.71. The predicted molar refractivity (Wildman–Crippen MR) is 75.8 cm³/mol. The van der Waals surface area contributed by atoms with Crippen LogP contribution in [0.1, 0.15) is 38.5 Å². The quantitative estimate of drug-likeness (QED) is 0.672. The van der Waals surface area contributed by atoms with Gasteiger partial charge < -0.3 is 15.0 Å². The minimum Gasteiger partial charge on any atom is -0.380 e. The van der Waals surface area contributed by atoms with Crippen molar-refractivity contribution in [3.05, 3.63) is 0 Å². The molecule has 2 aliphatic carbocycles. The molecule has 2 saturated carbocycles. The summed E-state index contributed by atoms with van der Waals surface area (Å²) in [5.41, 5.74) is 0. The summed E-state index contributed by atoms with van der Waals surface area (Å²) in [6, 6.07) is 0.730. The van der Waals surface area contributed by atoms with E-state index in [2.05, 4.69) is 24.3 Å². The molecule has 0 spiro atoms. The molecule has 106 valence electrons. The lowest BCUT2D eigenvalue weighted by Crippen LogP contribution is -2.42. The van der Waals surface area contributed by atoms with Crippen LogP contribution in [0.5, 0.6) is 0 Å². The Morgan fingerprint density at radius 1 is 1.17 bits per heavy atom. The van der Waals surface area contributed by atoms with Crippen molar-refractivity contribution in [3.8, 4) is 0 Å². The Bertz CT molecular complexity index is 231. The second-order valence-corrected chi connectivity index (χ2v) is 6.22. The van der Waals surface area contributed by atoms with Gasteiger partial charge in [0.25, 0.3) is 0 Å². The maximum absolute atomic E-state index is 5.71. The van der Waals surface area contributed by atoms with Crippen LogP contribution in [-0.4, -0.2) is 51.3 Å². The van der Waals surface area contributed by atoms with Crippen LogP contribution in [0, 0.1) is 11.8 Å². The number of ether oxygens (including phenoxy) is 1. The average molecular weight is 254 g/mol. The van der Waals surface area contributed by atoms with Crippen molar-refractivity contribution in [2.75, 3.05) is 40.4 Å². The van der Waals surface area contributed by atoms with Gasteiger partial charge >= 0.3 is 0 Å². The Morgan fingerprint density at radius 2 is 1.94 bits per heavy atom. The molecule has 0 bridgehead atoms. The molecule has 0 heterocycles. The molecule has 2 fully saturated rings. The summed E-state index contributed by atoms with van der Waals surface area (Å²) < 4.78 is 5.71. The first kappa shape index (κ1) is 14.3. The highest BCUT2D eigenvalue weighted by atomic mass is 16.5. The molecule has 0 aromatic carbocycles. The van der Waals surface area contributed by atoms with Crippen LogP contribution >= 0.6 is 0 Å². The van der Waals surface area contributed by atoms with Gasteiger partial charge in [0.1, 0.15) is 0 Å². The standard InChI is InChI=1S/C15H30N2O/c1-16-15-6-4-3-5-14(15)11-17(2)9-10-18-12-13-7-8-13/h13-16H,3-12H2,1-2H3. The number of hydrogen-bond donors (Lipinski definition) is 1. The molecule has 0 amide bonds. The number of nitrogens with one attached hydrogen (secondary N) is 1. The lowest BCUT2D eigenvalue weighted by Gasteiger charge is -2.34. The summed E-state index contributed by atoms with van der Waals surface area (Å²) in [6.07, 6.45) is 8.33. The Balaban J connectivity index is 1.57. The average Bonchev–Trinajstić information content (AvgIpc) is 3.19. The molecule has 0 aromatic heterocycles. The molecule has 0 saturated heterocycles. The van der Waals surface area contributed by atoms with Crippen molar-refractivity contribution in [1.29, 1.82) is 0 Å². The van der Waals surface area contributed by atoms with Crippen molar-refractivity contribution < 1.29 is 4.74 Å². The first-order chi connectivity index (χ1) is 8.79. The first-order valence-electron chi connectivity index (χ1n) is 7.73. The maximum Gasteiger partial charge on any atom is 0.0593 e. The van der Waals surface area contributed by atoms with Crippen molar-refractivity contribution in [2.24, 2.45) is 11.8 Å². The Morgan fingerprint density at radius 3 is 2.67 bits per heavy atom. The summed E-state index contributed by atoms with van der Waals surface area (Å²) in [7, 11) is 4.35. The predicted octanol–water partition coefficient (Wildman–Crippen LogP) is 2.12. The molecule has 2 aliphatic rings. The number of rotatable bonds is 8. The zero-order valence-electron chi connectivity index (χ0n) is 12.2. The van der Waals surface area contributed by atoms with E-state index in [0.717, 1.165) is 37.6 Å². The molecular formula is C15H30N2O. The lowest BCUT2D eigenvalue weighted by atomic mass is 9.84. The second kappa shape index (κ2) is 7.46. The van der Waals surface area contributed by atoms with Crippen molar-refractivity contribution >= 4 is 0 Å². The van der Waals surface area contributed by atoms with Gasteiger partial charge in [0.2, 0.25) is 0 Å². The topological polar surface area (TPSA) is 24.5 Å². The molecule has 2 rings (SSSR count). The van der Waals surface area contributed by atoms with Gasteiger partial charge in [-0.1, -0.05) is 12.8 Å². The monoisotopic (exact) mass is 254 g/mol. The number of hydrogen-bond acceptors (Lipinski definition) is 3. The third-order valence-corrected chi connectivity index (χ3v) is 4.49. The SMILES string of the molecule is CNC1CCCCC1CN(C)CCOCC1CC1. The summed E-state index contributed by atoms with van der Waals surface area (Å²) in [6.45, 7) is 4.21. The molecule has 18 heavy (non-hydrogen) atoms. The fourth-order valence-electron chi connectivity index (χ4n) is 3.05. The van der Waals surface area contributed by atoms with Gasteiger partial charge in [0, 0.05) is 25.7 Å². The van der Waals surface area contributed by atoms with Gasteiger partial charge in [0.15, 0.2) is 0 Å². The van der Waals surface area contributed by atoms with E-state index >= 15 is 0 Å². The normalized spacial score (nSPS) is 28.8. The van der Waals surface area contributed by atoms with E-state index in [1.807, 2.05) is 0 Å². The molecule has 0 aromatic rings. The third-order valence-electron chi connectivity index (χ3n) is 4.49. The highest BCUT2D eigenvalue weighted by Crippen LogP contribution is 2.28. The number of nitrogens with zero attached hydrogens (tertiary/aromatic N) is 1. The third kappa shape index (κ3) is 4.87. The van der Waals surface area contributed by atoms with Crippen LogP contribution < -0.4 is 5.32 Å². The van der Waals surface area contributed by atoms with E-state index in [1.165, 1.54) is 45.1 Å². The number of likely N-dealkylation sites (N-methyl/N-ethyl adjacent to an activating group) is 1. The van der Waals surface area contributed by atoms with Crippen molar-refractivity contribution in [2.45, 2.75) is 44.6 Å². The molecule has 3 heteroatoms. The summed E-state index contributed by atoms with van der Waals surface area (Å²) in [5, 5.41) is 3.49. The van der Waals surface area contributed by atoms with Crippen molar-refractivity contribution in [3.63, 3.8) is 0 Å². The van der Waals surface area contributed by atoms with Gasteiger partial charge in [-0.25, -0.2) is 0 Å². The smallest absolute Gasteiger partial charge is 0.0593 e. The van der Waals surface area contributed by atoms with Gasteiger partial charge in [-0.2, -0.15) is 0 Å². The minimum atomic E-state index is 0.730. The second-order valence-electron chi connectivity index (χ2n) is 6.22. The molecule has 0 radical (unpaired) electrons. The van der Waals surface area contributed by atoms with Crippen LogP contribution in [0.2, 0.25) is 0 Å². The van der Waals surface area contributed by atoms with E-state index < -0.39 is 0 Å². The van der Waals surface area contributed by atoms with E-state index in [0.29, 0.717) is 0 Å². The highest BCUT2D eigenvalue weighted by Gasteiger charge is 2.24. The molecule has 1 N–H and O–H groups in total. The van der Waals surface area contributed by atoms with Crippen LogP contribution in [-0.2, 0) is 4.74 Å². The van der Waals surface area contributed by atoms with E-state index in [1.54, 1.807) is 0 Å². The van der Waals surface area contributed by atoms with Crippen LogP contribution in [0.15, 0.2) is 0 Å². The summed E-state index contributed by atoms with van der Waals surface area (Å²) >= 11 is 0. The molecule has 2 unspecified atom stereocenters. The zero-order valence-corrected chi connectivity index (χ0v) is 12.2. The van der Waals surface area contributed by atoms with Gasteiger partial charge in [0.05, 0.1) is 6.61 Å². The summed E-state index contributed by atoms with van der Waals surface area (Å²) in [4.78, 5) is 2.45. The zero-order chi connectivity index (χ0) is 12.8. The highest BCUT2D eigenvalue weighted by molar-refractivity contribution is 4.81. The summed E-state index contributed by atoms with van der Waals surface area (Å²) in [5.74, 6) is 1.72. The van der Waals surface area contributed by atoms with Gasteiger partial charge in [-0.05, 0) is 51.6 Å². The Hall–Kier alpha value is -0.120.